The molecule has 2 rings (SSSR count). The Bertz CT molecular complexity index is 352. The Morgan fingerprint density at radius 1 is 1.33 bits per heavy atom. The number of rotatable bonds is 1. The predicted molar refractivity (Wildman–Crippen MR) is 60.6 cm³/mol. The predicted octanol–water partition coefficient (Wildman–Crippen LogP) is -1.28. The van der Waals surface area contributed by atoms with Crippen LogP contribution >= 0.6 is 0 Å². The van der Waals surface area contributed by atoms with E-state index in [1.54, 1.807) is 3.11 Å². The molecule has 1 amide bonds. The standard InChI is InChI=1S/C12H19INO4/c1-12(2,3)18-11(17)14-6-7-4-5-8(13-14)9(7)10(15)16/h7-9H,4-6H2,1-3H3,(H,15,16)/q-1. The van der Waals surface area contributed by atoms with E-state index in [9.17, 15) is 14.7 Å². The molecule has 1 heterocycles. The Balaban J connectivity index is 2.00. The molecule has 18 heavy (non-hydrogen) atoms. The Labute approximate surface area is 117 Å². The normalized spacial score (nSPS) is 31.7. The number of aliphatic carboxylic acids is 1. The summed E-state index contributed by atoms with van der Waals surface area (Å²) in [4.78, 5) is 23.2. The van der Waals surface area contributed by atoms with Gasteiger partial charge in [0.1, 0.15) is 0 Å². The Hall–Kier alpha value is -0.530. The summed E-state index contributed by atoms with van der Waals surface area (Å²) in [7, 11) is 0. The van der Waals surface area contributed by atoms with Crippen molar-refractivity contribution in [2.24, 2.45) is 11.8 Å². The van der Waals surface area contributed by atoms with E-state index in [2.05, 4.69) is 0 Å². The van der Waals surface area contributed by atoms with Crippen LogP contribution in [0.3, 0.4) is 0 Å². The summed E-state index contributed by atoms with van der Waals surface area (Å²) in [5.41, 5.74) is -0.483. The minimum absolute atomic E-state index is 0.119. The van der Waals surface area contributed by atoms with Gasteiger partial charge in [0.25, 0.3) is 0 Å². The second-order valence-electron chi connectivity index (χ2n) is 5.84. The summed E-state index contributed by atoms with van der Waals surface area (Å²) < 4.78 is 7.35. The number of hydrogen-bond donors (Lipinski definition) is 1. The van der Waals surface area contributed by atoms with Gasteiger partial charge in [0.15, 0.2) is 0 Å². The Morgan fingerprint density at radius 3 is 2.50 bits per heavy atom. The third kappa shape index (κ3) is 2.89. The van der Waals surface area contributed by atoms with Crippen LogP contribution in [0.5, 0.6) is 0 Å². The molecule has 5 nitrogen and oxygen atoms in total. The summed E-state index contributed by atoms with van der Waals surface area (Å²) in [6, 6.07) is 0. The number of carboxylic acid groups (broad SMARTS) is 1. The number of amides is 1. The second kappa shape index (κ2) is 4.86. The quantitative estimate of drug-likeness (QED) is 0.356. The van der Waals surface area contributed by atoms with Crippen molar-refractivity contribution in [2.75, 3.05) is 6.54 Å². The van der Waals surface area contributed by atoms with Crippen LogP contribution in [0.25, 0.3) is 0 Å². The first-order chi connectivity index (χ1) is 8.28. The summed E-state index contributed by atoms with van der Waals surface area (Å²) in [6.07, 6.45) is 1.62. The summed E-state index contributed by atoms with van der Waals surface area (Å²) in [5, 5.41) is 9.21. The van der Waals surface area contributed by atoms with Crippen LogP contribution in [0.1, 0.15) is 33.6 Å². The molecule has 1 N–H and O–H groups in total. The molecule has 2 fully saturated rings. The molecule has 0 aromatic carbocycles. The number of alkyl halides is 1. The summed E-state index contributed by atoms with van der Waals surface area (Å²) in [5.74, 6) is -0.795. The van der Waals surface area contributed by atoms with Crippen LogP contribution in [-0.4, -0.2) is 36.4 Å². The third-order valence-corrected chi connectivity index (χ3v) is 6.80. The molecule has 0 spiro atoms. The Kier molecular flexibility index (Phi) is 3.75. The van der Waals surface area contributed by atoms with Crippen LogP contribution in [0.15, 0.2) is 0 Å². The molecule has 6 heteroatoms. The van der Waals surface area contributed by atoms with Gasteiger partial charge in [0.05, 0.1) is 0 Å². The van der Waals surface area contributed by atoms with Crippen molar-refractivity contribution >= 4 is 12.1 Å². The third-order valence-electron chi connectivity index (χ3n) is 3.23. The molecule has 0 aromatic heterocycles. The molecule has 1 aliphatic carbocycles. The van der Waals surface area contributed by atoms with Gasteiger partial charge in [-0.05, 0) is 0 Å². The molecule has 0 aromatic rings. The van der Waals surface area contributed by atoms with E-state index in [-0.39, 0.29) is 21.9 Å². The van der Waals surface area contributed by atoms with E-state index in [4.69, 9.17) is 4.74 Å². The summed E-state index contributed by atoms with van der Waals surface area (Å²) >= 11 is -0.566. The van der Waals surface area contributed by atoms with E-state index >= 15 is 0 Å². The van der Waals surface area contributed by atoms with Gasteiger partial charge >= 0.3 is 118 Å². The van der Waals surface area contributed by atoms with Crippen molar-refractivity contribution in [3.8, 4) is 0 Å². The molecular formula is C12H19INO4-. The number of nitrogens with zero attached hydrogens (tertiary/aromatic N) is 1. The average molecular weight is 368 g/mol. The molecule has 3 atom stereocenters. The van der Waals surface area contributed by atoms with Crippen LogP contribution in [0, 0.1) is 11.8 Å². The molecule has 1 aliphatic heterocycles. The topological polar surface area (TPSA) is 66.8 Å². The zero-order chi connectivity index (χ0) is 13.5. The summed E-state index contributed by atoms with van der Waals surface area (Å²) in [6.45, 7) is 6.11. The molecule has 2 bridgehead atoms. The van der Waals surface area contributed by atoms with Gasteiger partial charge in [0, 0.05) is 0 Å². The number of ether oxygens (including phenoxy) is 1. The van der Waals surface area contributed by atoms with Gasteiger partial charge in [-0.15, -0.1) is 0 Å². The molecule has 3 unspecified atom stereocenters. The van der Waals surface area contributed by atoms with E-state index < -0.39 is 33.0 Å². The number of carbonyl (C=O) groups excluding carboxylic acids is 1. The van der Waals surface area contributed by atoms with Gasteiger partial charge in [-0.25, -0.2) is 0 Å². The maximum absolute atomic E-state index is 12.0. The fourth-order valence-electron chi connectivity index (χ4n) is 2.52. The molecule has 0 radical (unpaired) electrons. The zero-order valence-electron chi connectivity index (χ0n) is 10.9. The van der Waals surface area contributed by atoms with Crippen LogP contribution in [-0.2, 0) is 9.53 Å². The fourth-order valence-corrected chi connectivity index (χ4v) is 6.32. The molecule has 1 saturated heterocycles. The van der Waals surface area contributed by atoms with Crippen molar-refractivity contribution in [3.63, 3.8) is 0 Å². The van der Waals surface area contributed by atoms with Crippen molar-refractivity contribution in [3.05, 3.63) is 0 Å². The van der Waals surface area contributed by atoms with Gasteiger partial charge in [-0.1, -0.05) is 0 Å². The van der Waals surface area contributed by atoms with Gasteiger partial charge in [-0.3, -0.25) is 0 Å². The van der Waals surface area contributed by atoms with Crippen LogP contribution < -0.4 is 21.5 Å². The number of halogens is 1. The van der Waals surface area contributed by atoms with E-state index in [1.165, 1.54) is 0 Å². The SMILES string of the molecule is CC(C)(C)OC(=O)N1CC2CCC([I-]1)C2C(=O)O. The van der Waals surface area contributed by atoms with Gasteiger partial charge in [0.2, 0.25) is 0 Å². The van der Waals surface area contributed by atoms with E-state index in [0.717, 1.165) is 12.8 Å². The van der Waals surface area contributed by atoms with Crippen LogP contribution in [0.2, 0.25) is 0 Å². The maximum atomic E-state index is 12.0. The van der Waals surface area contributed by atoms with Crippen molar-refractivity contribution in [1.82, 2.24) is 3.11 Å². The number of carbonyl (C=O) groups is 2. The van der Waals surface area contributed by atoms with Gasteiger partial charge in [-0.2, -0.15) is 0 Å². The molecule has 2 aliphatic rings. The Morgan fingerprint density at radius 2 is 2.00 bits per heavy atom. The van der Waals surface area contributed by atoms with Crippen LogP contribution in [0.4, 0.5) is 4.79 Å². The first-order valence-electron chi connectivity index (χ1n) is 6.15. The minimum atomic E-state index is -0.689. The zero-order valence-corrected chi connectivity index (χ0v) is 13.0. The number of hydrogen-bond acceptors (Lipinski definition) is 3. The van der Waals surface area contributed by atoms with E-state index in [0.29, 0.717) is 6.54 Å². The first-order valence-corrected chi connectivity index (χ1v) is 8.36. The monoisotopic (exact) mass is 368 g/mol. The van der Waals surface area contributed by atoms with Crippen molar-refractivity contribution in [2.45, 2.75) is 43.1 Å². The number of carboxylic acids is 1. The molecular weight excluding hydrogens is 349 g/mol. The fraction of sp³-hybridized carbons (Fsp3) is 0.833. The number of fused-ring (bicyclic) bond motifs is 2. The average Bonchev–Trinajstić information content (AvgIpc) is 2.47. The molecule has 104 valence electrons. The van der Waals surface area contributed by atoms with Gasteiger partial charge < -0.3 is 0 Å². The first kappa shape index (κ1) is 13.9. The van der Waals surface area contributed by atoms with Crippen molar-refractivity contribution < 1.29 is 40.9 Å². The van der Waals surface area contributed by atoms with Crippen molar-refractivity contribution in [1.29, 1.82) is 0 Å². The second-order valence-corrected chi connectivity index (χ2v) is 9.16. The van der Waals surface area contributed by atoms with E-state index in [1.807, 2.05) is 20.8 Å². The molecule has 1 saturated carbocycles.